The lowest BCUT2D eigenvalue weighted by atomic mass is 10.2. The first-order valence-electron chi connectivity index (χ1n) is 11.7. The van der Waals surface area contributed by atoms with Crippen LogP contribution in [0.4, 0.5) is 0 Å². The molecule has 180 valence electrons. The largest absolute Gasteiger partial charge is 0.357 e. The van der Waals surface area contributed by atoms with Crippen molar-refractivity contribution >= 4 is 41.7 Å². The number of aryl methyl sites for hydroxylation is 1. The summed E-state index contributed by atoms with van der Waals surface area (Å²) in [5, 5.41) is 16.8. The minimum atomic E-state index is 0. The van der Waals surface area contributed by atoms with Crippen molar-refractivity contribution in [2.24, 2.45) is 4.99 Å². The van der Waals surface area contributed by atoms with Crippen LogP contribution in [0.25, 0.3) is 0 Å². The van der Waals surface area contributed by atoms with Gasteiger partial charge in [-0.15, -0.1) is 34.2 Å². The van der Waals surface area contributed by atoms with Crippen molar-refractivity contribution in [3.8, 4) is 0 Å². The topological polar surface area (TPSA) is 70.4 Å². The molecule has 0 aromatic carbocycles. The Morgan fingerprint density at radius 2 is 1.84 bits per heavy atom. The number of rotatable bonds is 12. The number of hydrogen-bond donors (Lipinski definition) is 2. The molecule has 1 aromatic heterocycles. The molecule has 9 heteroatoms. The van der Waals surface area contributed by atoms with E-state index in [1.54, 1.807) is 11.8 Å². The molecule has 0 spiro atoms. The highest BCUT2D eigenvalue weighted by Gasteiger charge is 2.23. The molecule has 1 aliphatic carbocycles. The summed E-state index contributed by atoms with van der Waals surface area (Å²) in [6.45, 7) is 14.7. The van der Waals surface area contributed by atoms with Gasteiger partial charge in [0.25, 0.3) is 0 Å². The van der Waals surface area contributed by atoms with E-state index in [0.717, 1.165) is 56.0 Å². The highest BCUT2D eigenvalue weighted by Crippen LogP contribution is 2.33. The summed E-state index contributed by atoms with van der Waals surface area (Å²) >= 11 is 1.71. The average molecular weight is 566 g/mol. The zero-order valence-electron chi connectivity index (χ0n) is 20.4. The molecule has 1 heterocycles. The summed E-state index contributed by atoms with van der Waals surface area (Å²) in [5.74, 6) is 2.04. The van der Waals surface area contributed by atoms with Crippen molar-refractivity contribution in [2.45, 2.75) is 96.4 Å². The predicted octanol–water partition coefficient (Wildman–Crippen LogP) is 4.34. The number of nitrogens with one attached hydrogen (secondary N) is 2. The maximum Gasteiger partial charge on any atom is 0.191 e. The first-order valence-corrected chi connectivity index (χ1v) is 13.0. The first-order chi connectivity index (χ1) is 14.5. The second-order valence-electron chi connectivity index (χ2n) is 8.63. The molecule has 0 unspecified atom stereocenters. The minimum absolute atomic E-state index is 0. The maximum atomic E-state index is 4.78. The summed E-state index contributed by atoms with van der Waals surface area (Å²) in [7, 11) is 0. The Balaban J connectivity index is 0.00000480. The lowest BCUT2D eigenvalue weighted by Crippen LogP contribution is -2.45. The monoisotopic (exact) mass is 565 g/mol. The molecule has 2 N–H and O–H groups in total. The van der Waals surface area contributed by atoms with Gasteiger partial charge >= 0.3 is 0 Å². The van der Waals surface area contributed by atoms with Gasteiger partial charge in [0.15, 0.2) is 11.1 Å². The van der Waals surface area contributed by atoms with Gasteiger partial charge in [-0.25, -0.2) is 0 Å². The Morgan fingerprint density at radius 3 is 2.42 bits per heavy atom. The van der Waals surface area contributed by atoms with Gasteiger partial charge in [0.05, 0.1) is 0 Å². The fraction of sp³-hybridized carbons (Fsp3) is 0.864. The zero-order chi connectivity index (χ0) is 21.9. The van der Waals surface area contributed by atoms with Gasteiger partial charge in [-0.05, 0) is 60.1 Å². The molecule has 1 fully saturated rings. The van der Waals surface area contributed by atoms with Gasteiger partial charge in [-0.3, -0.25) is 9.89 Å². The lowest BCUT2D eigenvalue weighted by molar-refractivity contribution is 0.178. The van der Waals surface area contributed by atoms with Crippen LogP contribution in [0.5, 0.6) is 0 Å². The standard InChI is InChI=1S/C22H43N7S.HI/c1-7-23-21(25-15-16-28(17(2)3)18(4)5)24-14-10-13-20-26-27-22(30-6)29(20)19-11-8-9-12-19;/h17-19H,7-16H2,1-6H3,(H2,23,24,25);1H. The van der Waals surface area contributed by atoms with Crippen molar-refractivity contribution in [1.82, 2.24) is 30.3 Å². The summed E-state index contributed by atoms with van der Waals surface area (Å²) in [5.41, 5.74) is 0. The molecule has 1 saturated carbocycles. The Kier molecular flexibility index (Phi) is 14.1. The fourth-order valence-electron chi connectivity index (χ4n) is 4.33. The van der Waals surface area contributed by atoms with Crippen LogP contribution in [0.1, 0.15) is 78.6 Å². The van der Waals surface area contributed by atoms with Crippen LogP contribution in [-0.2, 0) is 6.42 Å². The molecule has 1 aliphatic rings. The Labute approximate surface area is 211 Å². The molecule has 31 heavy (non-hydrogen) atoms. The van der Waals surface area contributed by atoms with E-state index in [1.165, 1.54) is 25.7 Å². The molecule has 0 aliphatic heterocycles. The van der Waals surface area contributed by atoms with Gasteiger partial charge < -0.3 is 15.2 Å². The fourth-order valence-corrected chi connectivity index (χ4v) is 4.91. The van der Waals surface area contributed by atoms with Crippen molar-refractivity contribution in [1.29, 1.82) is 0 Å². The molecule has 1 aromatic rings. The molecule has 0 bridgehead atoms. The second kappa shape index (κ2) is 15.3. The third-order valence-corrected chi connectivity index (χ3v) is 6.41. The van der Waals surface area contributed by atoms with E-state index in [0.29, 0.717) is 18.1 Å². The van der Waals surface area contributed by atoms with E-state index in [2.05, 4.69) is 71.2 Å². The van der Waals surface area contributed by atoms with Gasteiger partial charge in [-0.2, -0.15) is 0 Å². The van der Waals surface area contributed by atoms with Crippen molar-refractivity contribution < 1.29 is 0 Å². The minimum Gasteiger partial charge on any atom is -0.357 e. The molecule has 0 radical (unpaired) electrons. The molecule has 0 atom stereocenters. The zero-order valence-corrected chi connectivity index (χ0v) is 23.5. The summed E-state index contributed by atoms with van der Waals surface area (Å²) in [6, 6.07) is 1.69. The molecule has 2 rings (SSSR count). The highest BCUT2D eigenvalue weighted by molar-refractivity contribution is 14.0. The van der Waals surface area contributed by atoms with Crippen molar-refractivity contribution in [2.75, 3.05) is 32.4 Å². The maximum absolute atomic E-state index is 4.78. The molecular weight excluding hydrogens is 521 g/mol. The van der Waals surface area contributed by atoms with Gasteiger partial charge in [0.1, 0.15) is 5.82 Å². The van der Waals surface area contributed by atoms with Crippen LogP contribution < -0.4 is 10.6 Å². The number of hydrogen-bond acceptors (Lipinski definition) is 5. The number of aromatic nitrogens is 3. The van der Waals surface area contributed by atoms with E-state index in [-0.39, 0.29) is 24.0 Å². The van der Waals surface area contributed by atoms with Crippen LogP contribution in [0.15, 0.2) is 10.1 Å². The van der Waals surface area contributed by atoms with E-state index >= 15 is 0 Å². The number of halogens is 1. The van der Waals surface area contributed by atoms with Gasteiger partial charge in [-0.1, -0.05) is 24.6 Å². The Bertz CT molecular complexity index is 634. The van der Waals surface area contributed by atoms with Crippen molar-refractivity contribution in [3.63, 3.8) is 0 Å². The van der Waals surface area contributed by atoms with Crippen LogP contribution in [0.2, 0.25) is 0 Å². The van der Waals surface area contributed by atoms with Gasteiger partial charge in [0, 0.05) is 50.7 Å². The average Bonchev–Trinajstić information content (AvgIpc) is 3.36. The van der Waals surface area contributed by atoms with Crippen LogP contribution >= 0.6 is 35.7 Å². The number of guanidine groups is 1. The third kappa shape index (κ3) is 9.07. The van der Waals surface area contributed by atoms with Crippen molar-refractivity contribution in [3.05, 3.63) is 5.82 Å². The van der Waals surface area contributed by atoms with E-state index in [1.807, 2.05) is 0 Å². The third-order valence-electron chi connectivity index (χ3n) is 5.77. The van der Waals surface area contributed by atoms with Gasteiger partial charge in [0.2, 0.25) is 0 Å². The SMILES string of the molecule is CCNC(=NCCCc1nnc(SC)n1C1CCCC1)NCCN(C(C)C)C(C)C.I. The summed E-state index contributed by atoms with van der Waals surface area (Å²) in [6.07, 6.45) is 9.18. The van der Waals surface area contributed by atoms with Crippen LogP contribution in [0.3, 0.4) is 0 Å². The first kappa shape index (κ1) is 28.5. The molecule has 0 amide bonds. The Hall–Kier alpha value is -0.550. The van der Waals surface area contributed by atoms with Crippen LogP contribution in [0, 0.1) is 0 Å². The second-order valence-corrected chi connectivity index (χ2v) is 9.40. The van der Waals surface area contributed by atoms with E-state index in [9.17, 15) is 0 Å². The number of thioether (sulfide) groups is 1. The molecule has 7 nitrogen and oxygen atoms in total. The lowest BCUT2D eigenvalue weighted by Gasteiger charge is -2.30. The normalized spacial score (nSPS) is 15.2. The Morgan fingerprint density at radius 1 is 1.16 bits per heavy atom. The predicted molar refractivity (Wildman–Crippen MR) is 144 cm³/mol. The molecular formula is C22H44IN7S. The quantitative estimate of drug-likeness (QED) is 0.129. The summed E-state index contributed by atoms with van der Waals surface area (Å²) in [4.78, 5) is 7.28. The highest BCUT2D eigenvalue weighted by atomic mass is 127. The van der Waals surface area contributed by atoms with E-state index < -0.39 is 0 Å². The summed E-state index contributed by atoms with van der Waals surface area (Å²) < 4.78 is 2.40. The molecule has 0 saturated heterocycles. The number of nitrogens with zero attached hydrogens (tertiary/aromatic N) is 5. The number of aliphatic imine (C=N–C) groups is 1. The van der Waals surface area contributed by atoms with E-state index in [4.69, 9.17) is 4.99 Å². The van der Waals surface area contributed by atoms with Crippen LogP contribution in [-0.4, -0.2) is 70.1 Å². The smallest absolute Gasteiger partial charge is 0.191 e.